The molecule has 15 heavy (non-hydrogen) atoms. The van der Waals surface area contributed by atoms with Crippen LogP contribution in [-0.2, 0) is 9.53 Å². The molecule has 1 aliphatic rings. The SMILES string of the molecule is COC(C)(C)CN1CC(C)C(=O)NC1=O. The summed E-state index contributed by atoms with van der Waals surface area (Å²) >= 11 is 0. The minimum Gasteiger partial charge on any atom is -0.377 e. The van der Waals surface area contributed by atoms with Gasteiger partial charge in [0.15, 0.2) is 0 Å². The van der Waals surface area contributed by atoms with Crippen molar-refractivity contribution in [2.75, 3.05) is 20.2 Å². The molecular formula is C10H18N2O3. The molecule has 1 rings (SSSR count). The number of rotatable bonds is 3. The molecule has 1 N–H and O–H groups in total. The van der Waals surface area contributed by atoms with E-state index in [0.29, 0.717) is 13.1 Å². The Bertz CT molecular complexity index is 276. The number of methoxy groups -OCH3 is 1. The van der Waals surface area contributed by atoms with Crippen LogP contribution in [0.4, 0.5) is 4.79 Å². The third-order valence-corrected chi connectivity index (χ3v) is 2.58. The van der Waals surface area contributed by atoms with Gasteiger partial charge in [-0.3, -0.25) is 10.1 Å². The number of imide groups is 1. The summed E-state index contributed by atoms with van der Waals surface area (Å²) in [6.07, 6.45) is 0. The van der Waals surface area contributed by atoms with E-state index in [1.165, 1.54) is 0 Å². The van der Waals surface area contributed by atoms with Gasteiger partial charge >= 0.3 is 6.03 Å². The average molecular weight is 214 g/mol. The van der Waals surface area contributed by atoms with Gasteiger partial charge in [-0.05, 0) is 13.8 Å². The molecule has 3 amide bonds. The minimum absolute atomic E-state index is 0.157. The summed E-state index contributed by atoms with van der Waals surface area (Å²) in [5.74, 6) is -0.359. The Balaban J connectivity index is 2.63. The van der Waals surface area contributed by atoms with E-state index in [1.54, 1.807) is 18.9 Å². The first-order valence-corrected chi connectivity index (χ1v) is 5.00. The average Bonchev–Trinajstić information content (AvgIpc) is 2.14. The molecule has 0 saturated carbocycles. The van der Waals surface area contributed by atoms with Crippen LogP contribution in [0, 0.1) is 5.92 Å². The van der Waals surface area contributed by atoms with Crippen LogP contribution in [0.25, 0.3) is 0 Å². The van der Waals surface area contributed by atoms with Gasteiger partial charge in [0.25, 0.3) is 0 Å². The van der Waals surface area contributed by atoms with Gasteiger partial charge < -0.3 is 9.64 Å². The van der Waals surface area contributed by atoms with Crippen molar-refractivity contribution in [2.45, 2.75) is 26.4 Å². The number of hydrogen-bond donors (Lipinski definition) is 1. The third kappa shape index (κ3) is 2.92. The first-order valence-electron chi connectivity index (χ1n) is 5.00. The molecule has 86 valence electrons. The number of hydrogen-bond acceptors (Lipinski definition) is 3. The van der Waals surface area contributed by atoms with Gasteiger partial charge in [0.2, 0.25) is 5.91 Å². The number of carbonyl (C=O) groups excluding carboxylic acids is 2. The fraction of sp³-hybridized carbons (Fsp3) is 0.800. The molecule has 1 fully saturated rings. The lowest BCUT2D eigenvalue weighted by Gasteiger charge is -2.35. The van der Waals surface area contributed by atoms with Crippen molar-refractivity contribution < 1.29 is 14.3 Å². The van der Waals surface area contributed by atoms with E-state index >= 15 is 0 Å². The number of urea groups is 1. The van der Waals surface area contributed by atoms with Crippen molar-refractivity contribution in [2.24, 2.45) is 5.92 Å². The van der Waals surface area contributed by atoms with Crippen molar-refractivity contribution in [3.63, 3.8) is 0 Å². The van der Waals surface area contributed by atoms with E-state index in [4.69, 9.17) is 4.74 Å². The molecule has 1 aliphatic heterocycles. The largest absolute Gasteiger partial charge is 0.377 e. The summed E-state index contributed by atoms with van der Waals surface area (Å²) in [5, 5.41) is 2.32. The van der Waals surface area contributed by atoms with Crippen molar-refractivity contribution in [3.8, 4) is 0 Å². The zero-order valence-electron chi connectivity index (χ0n) is 9.66. The summed E-state index contributed by atoms with van der Waals surface area (Å²) in [4.78, 5) is 24.3. The van der Waals surface area contributed by atoms with Gasteiger partial charge in [0, 0.05) is 13.7 Å². The molecule has 0 aliphatic carbocycles. The molecule has 0 bridgehead atoms. The highest BCUT2D eigenvalue weighted by atomic mass is 16.5. The monoisotopic (exact) mass is 214 g/mol. The molecule has 0 radical (unpaired) electrons. The van der Waals surface area contributed by atoms with E-state index < -0.39 is 5.60 Å². The van der Waals surface area contributed by atoms with Crippen LogP contribution in [0.5, 0.6) is 0 Å². The lowest BCUT2D eigenvalue weighted by Crippen LogP contribution is -2.57. The summed E-state index contributed by atoms with van der Waals surface area (Å²) in [5.41, 5.74) is -0.391. The number of nitrogens with zero attached hydrogens (tertiary/aromatic N) is 1. The van der Waals surface area contributed by atoms with Crippen LogP contribution in [0.15, 0.2) is 0 Å². The first kappa shape index (κ1) is 12.0. The summed E-state index contributed by atoms with van der Waals surface area (Å²) in [7, 11) is 1.61. The Morgan fingerprint density at radius 2 is 2.13 bits per heavy atom. The number of amides is 3. The standard InChI is InChI=1S/C10H18N2O3/c1-7-5-12(6-10(2,3)15-4)9(14)11-8(7)13/h7H,5-6H2,1-4H3,(H,11,13,14). The molecule has 0 aromatic heterocycles. The van der Waals surface area contributed by atoms with Crippen molar-refractivity contribution in [1.82, 2.24) is 10.2 Å². The van der Waals surface area contributed by atoms with Gasteiger partial charge in [0.1, 0.15) is 0 Å². The second-order valence-corrected chi connectivity index (χ2v) is 4.54. The highest BCUT2D eigenvalue weighted by Gasteiger charge is 2.32. The summed E-state index contributed by atoms with van der Waals surface area (Å²) in [6.45, 7) is 6.54. The van der Waals surface area contributed by atoms with Gasteiger partial charge in [0.05, 0.1) is 18.1 Å². The van der Waals surface area contributed by atoms with Crippen molar-refractivity contribution in [3.05, 3.63) is 0 Å². The molecular weight excluding hydrogens is 196 g/mol. The summed E-state index contributed by atoms with van der Waals surface area (Å²) in [6, 6.07) is -0.330. The second kappa shape index (κ2) is 4.18. The normalized spacial score (nSPS) is 22.9. The lowest BCUT2D eigenvalue weighted by atomic mass is 10.1. The predicted molar refractivity (Wildman–Crippen MR) is 55.4 cm³/mol. The fourth-order valence-corrected chi connectivity index (χ4v) is 1.46. The maximum Gasteiger partial charge on any atom is 0.324 e. The van der Waals surface area contributed by atoms with E-state index in [2.05, 4.69) is 5.32 Å². The quantitative estimate of drug-likeness (QED) is 0.748. The maximum atomic E-state index is 11.5. The molecule has 1 atom stereocenters. The van der Waals surface area contributed by atoms with Crippen molar-refractivity contribution in [1.29, 1.82) is 0 Å². The topological polar surface area (TPSA) is 58.6 Å². The molecule has 5 nitrogen and oxygen atoms in total. The highest BCUT2D eigenvalue weighted by Crippen LogP contribution is 2.14. The zero-order valence-corrected chi connectivity index (χ0v) is 9.66. The van der Waals surface area contributed by atoms with Crippen LogP contribution in [0.1, 0.15) is 20.8 Å². The third-order valence-electron chi connectivity index (χ3n) is 2.58. The molecule has 1 unspecified atom stereocenters. The first-order chi connectivity index (χ1) is 6.85. The van der Waals surface area contributed by atoms with E-state index in [-0.39, 0.29) is 17.9 Å². The van der Waals surface area contributed by atoms with Gasteiger partial charge in [-0.15, -0.1) is 0 Å². The van der Waals surface area contributed by atoms with E-state index in [0.717, 1.165) is 0 Å². The predicted octanol–water partition coefficient (Wildman–Crippen LogP) is 0.599. The van der Waals surface area contributed by atoms with Gasteiger partial charge in [-0.2, -0.15) is 0 Å². The molecule has 1 saturated heterocycles. The second-order valence-electron chi connectivity index (χ2n) is 4.54. The van der Waals surface area contributed by atoms with Gasteiger partial charge in [-0.25, -0.2) is 4.79 Å². The van der Waals surface area contributed by atoms with Crippen LogP contribution in [0.3, 0.4) is 0 Å². The Kier molecular flexibility index (Phi) is 3.34. The van der Waals surface area contributed by atoms with E-state index in [9.17, 15) is 9.59 Å². The molecule has 0 aromatic carbocycles. The highest BCUT2D eigenvalue weighted by molar-refractivity contribution is 5.97. The minimum atomic E-state index is -0.391. The van der Waals surface area contributed by atoms with Crippen LogP contribution in [-0.4, -0.2) is 42.6 Å². The van der Waals surface area contributed by atoms with E-state index in [1.807, 2.05) is 13.8 Å². The number of ether oxygens (including phenoxy) is 1. The lowest BCUT2D eigenvalue weighted by molar-refractivity contribution is -0.126. The molecule has 1 heterocycles. The number of nitrogens with one attached hydrogen (secondary N) is 1. The maximum absolute atomic E-state index is 11.5. The Morgan fingerprint density at radius 1 is 1.53 bits per heavy atom. The fourth-order valence-electron chi connectivity index (χ4n) is 1.46. The molecule has 5 heteroatoms. The van der Waals surface area contributed by atoms with Crippen molar-refractivity contribution >= 4 is 11.9 Å². The van der Waals surface area contributed by atoms with Crippen LogP contribution >= 0.6 is 0 Å². The van der Waals surface area contributed by atoms with Crippen LogP contribution < -0.4 is 5.32 Å². The van der Waals surface area contributed by atoms with Gasteiger partial charge in [-0.1, -0.05) is 6.92 Å². The Hall–Kier alpha value is -1.10. The smallest absolute Gasteiger partial charge is 0.324 e. The van der Waals surface area contributed by atoms with Crippen LogP contribution in [0.2, 0.25) is 0 Å². The molecule has 0 aromatic rings. The number of carbonyl (C=O) groups is 2. The summed E-state index contributed by atoms with van der Waals surface area (Å²) < 4.78 is 5.24. The Morgan fingerprint density at radius 3 is 2.67 bits per heavy atom. The Labute approximate surface area is 89.8 Å². The molecule has 0 spiro atoms. The zero-order chi connectivity index (χ0) is 11.6.